The second kappa shape index (κ2) is 5.21. The summed E-state index contributed by atoms with van der Waals surface area (Å²) < 4.78 is 2.15. The topological polar surface area (TPSA) is 0 Å². The molecular weight excluding hydrogens is 371 g/mol. The third-order valence-electron chi connectivity index (χ3n) is 2.23. The van der Waals surface area contributed by atoms with E-state index in [1.165, 1.54) is 5.56 Å². The Bertz CT molecular complexity index is 487. The van der Waals surface area contributed by atoms with Gasteiger partial charge in [-0.2, -0.15) is 0 Å². The van der Waals surface area contributed by atoms with E-state index in [9.17, 15) is 0 Å². The molecular formula is C12H9Br2ClS. The van der Waals surface area contributed by atoms with Crippen molar-refractivity contribution in [2.45, 2.75) is 12.3 Å². The Hall–Kier alpha value is 0.170. The molecule has 1 heterocycles. The molecule has 0 nitrogen and oxygen atoms in total. The number of halogens is 3. The highest BCUT2D eigenvalue weighted by Crippen LogP contribution is 2.38. The SMILES string of the molecule is Cc1cc(Br)cc(C(Cl)c2sccc2Br)c1. The quantitative estimate of drug-likeness (QED) is 0.568. The van der Waals surface area contributed by atoms with Crippen LogP contribution < -0.4 is 0 Å². The Labute approximate surface area is 121 Å². The highest BCUT2D eigenvalue weighted by Gasteiger charge is 2.15. The van der Waals surface area contributed by atoms with Crippen molar-refractivity contribution in [3.63, 3.8) is 0 Å². The number of benzene rings is 1. The molecule has 16 heavy (non-hydrogen) atoms. The van der Waals surface area contributed by atoms with Crippen LogP contribution in [0.2, 0.25) is 0 Å². The monoisotopic (exact) mass is 378 g/mol. The lowest BCUT2D eigenvalue weighted by atomic mass is 10.1. The summed E-state index contributed by atoms with van der Waals surface area (Å²) in [5, 5.41) is 1.95. The first kappa shape index (κ1) is 12.6. The van der Waals surface area contributed by atoms with Crippen LogP contribution in [-0.2, 0) is 0 Å². The minimum absolute atomic E-state index is 0.0921. The van der Waals surface area contributed by atoms with Crippen LogP contribution in [0.3, 0.4) is 0 Å². The van der Waals surface area contributed by atoms with Crippen LogP contribution in [0.4, 0.5) is 0 Å². The minimum Gasteiger partial charge on any atom is -0.146 e. The summed E-state index contributed by atoms with van der Waals surface area (Å²) in [4.78, 5) is 1.15. The molecule has 0 saturated heterocycles. The zero-order valence-corrected chi connectivity index (χ0v) is 13.3. The predicted molar refractivity (Wildman–Crippen MR) is 78.6 cm³/mol. The van der Waals surface area contributed by atoms with Crippen molar-refractivity contribution >= 4 is 54.8 Å². The van der Waals surface area contributed by atoms with Gasteiger partial charge in [0.1, 0.15) is 0 Å². The van der Waals surface area contributed by atoms with E-state index in [2.05, 4.69) is 57.0 Å². The maximum atomic E-state index is 6.48. The number of hydrogen-bond acceptors (Lipinski definition) is 1. The summed E-state index contributed by atoms with van der Waals surface area (Å²) in [6.07, 6.45) is 0. The van der Waals surface area contributed by atoms with Crippen LogP contribution in [0.5, 0.6) is 0 Å². The zero-order chi connectivity index (χ0) is 11.7. The van der Waals surface area contributed by atoms with Crippen molar-refractivity contribution in [2.75, 3.05) is 0 Å². The molecule has 0 spiro atoms. The summed E-state index contributed by atoms with van der Waals surface area (Å²) in [5.74, 6) is 0. The van der Waals surface area contributed by atoms with E-state index >= 15 is 0 Å². The molecule has 0 aliphatic carbocycles. The lowest BCUT2D eigenvalue weighted by Gasteiger charge is -2.10. The molecule has 0 aliphatic rings. The number of rotatable bonds is 2. The molecule has 0 bridgehead atoms. The fourth-order valence-electron chi connectivity index (χ4n) is 1.55. The molecule has 0 radical (unpaired) electrons. The molecule has 0 aliphatic heterocycles. The molecule has 1 aromatic heterocycles. The molecule has 0 saturated carbocycles. The number of aryl methyl sites for hydroxylation is 1. The summed E-state index contributed by atoms with van der Waals surface area (Å²) in [7, 11) is 0. The smallest absolute Gasteiger partial charge is 0.0939 e. The van der Waals surface area contributed by atoms with Gasteiger partial charge >= 0.3 is 0 Å². The van der Waals surface area contributed by atoms with Crippen molar-refractivity contribution in [3.05, 3.63) is 54.6 Å². The minimum atomic E-state index is -0.0921. The maximum Gasteiger partial charge on any atom is 0.0939 e. The van der Waals surface area contributed by atoms with Gasteiger partial charge in [-0.25, -0.2) is 0 Å². The Kier molecular flexibility index (Phi) is 4.11. The van der Waals surface area contributed by atoms with Crippen LogP contribution in [-0.4, -0.2) is 0 Å². The molecule has 4 heteroatoms. The summed E-state index contributed by atoms with van der Waals surface area (Å²) in [6, 6.07) is 8.29. The van der Waals surface area contributed by atoms with Gasteiger partial charge in [0.25, 0.3) is 0 Å². The summed E-state index contributed by atoms with van der Waals surface area (Å²) >= 11 is 15.2. The zero-order valence-electron chi connectivity index (χ0n) is 8.51. The van der Waals surface area contributed by atoms with E-state index in [1.807, 2.05) is 11.4 Å². The van der Waals surface area contributed by atoms with Gasteiger partial charge in [-0.15, -0.1) is 22.9 Å². The first-order valence-electron chi connectivity index (χ1n) is 4.72. The number of alkyl halides is 1. The van der Waals surface area contributed by atoms with Crippen LogP contribution in [0.15, 0.2) is 38.6 Å². The van der Waals surface area contributed by atoms with Crippen molar-refractivity contribution in [1.82, 2.24) is 0 Å². The lowest BCUT2D eigenvalue weighted by molar-refractivity contribution is 1.16. The Morgan fingerprint density at radius 3 is 2.56 bits per heavy atom. The summed E-state index contributed by atoms with van der Waals surface area (Å²) in [6.45, 7) is 2.07. The fourth-order valence-corrected chi connectivity index (χ4v) is 4.31. The van der Waals surface area contributed by atoms with Gasteiger partial charge in [0, 0.05) is 13.8 Å². The molecule has 1 atom stereocenters. The highest BCUT2D eigenvalue weighted by atomic mass is 79.9. The summed E-state index contributed by atoms with van der Waals surface area (Å²) in [5.41, 5.74) is 2.33. The molecule has 1 unspecified atom stereocenters. The van der Waals surface area contributed by atoms with Gasteiger partial charge in [-0.3, -0.25) is 0 Å². The first-order chi connectivity index (χ1) is 7.58. The van der Waals surface area contributed by atoms with Gasteiger partial charge < -0.3 is 0 Å². The largest absolute Gasteiger partial charge is 0.146 e. The molecule has 0 fully saturated rings. The van der Waals surface area contributed by atoms with Crippen LogP contribution in [0.25, 0.3) is 0 Å². The fraction of sp³-hybridized carbons (Fsp3) is 0.167. The van der Waals surface area contributed by atoms with Gasteiger partial charge in [-0.1, -0.05) is 22.0 Å². The van der Waals surface area contributed by atoms with Gasteiger partial charge in [0.05, 0.1) is 5.38 Å². The van der Waals surface area contributed by atoms with Crippen molar-refractivity contribution in [1.29, 1.82) is 0 Å². The average molecular weight is 381 g/mol. The van der Waals surface area contributed by atoms with Gasteiger partial charge in [0.15, 0.2) is 0 Å². The molecule has 2 aromatic rings. The predicted octanol–water partition coefficient (Wildman–Crippen LogP) is 5.91. The standard InChI is InChI=1S/C12H9Br2ClS/c1-7-4-8(6-9(13)5-7)11(15)12-10(14)2-3-16-12/h2-6,11H,1H3. The average Bonchev–Trinajstić information content (AvgIpc) is 2.62. The second-order valence-corrected chi connectivity index (χ2v) is 6.71. The molecule has 0 amide bonds. The van der Waals surface area contributed by atoms with E-state index in [0.29, 0.717) is 0 Å². The molecule has 84 valence electrons. The van der Waals surface area contributed by atoms with E-state index in [4.69, 9.17) is 11.6 Å². The lowest BCUT2D eigenvalue weighted by Crippen LogP contribution is -1.92. The Balaban J connectivity index is 2.41. The second-order valence-electron chi connectivity index (χ2n) is 3.56. The highest BCUT2D eigenvalue weighted by molar-refractivity contribution is 9.10. The van der Waals surface area contributed by atoms with Gasteiger partial charge in [-0.05, 0) is 57.6 Å². The van der Waals surface area contributed by atoms with E-state index < -0.39 is 0 Å². The van der Waals surface area contributed by atoms with E-state index in [-0.39, 0.29) is 5.38 Å². The van der Waals surface area contributed by atoms with Crippen LogP contribution in [0, 0.1) is 6.92 Å². The van der Waals surface area contributed by atoms with Crippen molar-refractivity contribution in [3.8, 4) is 0 Å². The van der Waals surface area contributed by atoms with Gasteiger partial charge in [0.2, 0.25) is 0 Å². The maximum absolute atomic E-state index is 6.48. The first-order valence-corrected chi connectivity index (χ1v) is 7.62. The molecule has 1 aromatic carbocycles. The van der Waals surface area contributed by atoms with E-state index in [0.717, 1.165) is 19.4 Å². The third-order valence-corrected chi connectivity index (χ3v) is 5.23. The van der Waals surface area contributed by atoms with Crippen molar-refractivity contribution in [2.24, 2.45) is 0 Å². The number of hydrogen-bond donors (Lipinski definition) is 0. The normalized spacial score (nSPS) is 12.8. The van der Waals surface area contributed by atoms with E-state index in [1.54, 1.807) is 11.3 Å². The third kappa shape index (κ3) is 2.70. The van der Waals surface area contributed by atoms with Crippen LogP contribution >= 0.6 is 54.8 Å². The number of thiophene rings is 1. The Morgan fingerprint density at radius 2 is 2.00 bits per heavy atom. The molecule has 0 N–H and O–H groups in total. The Morgan fingerprint density at radius 1 is 1.25 bits per heavy atom. The van der Waals surface area contributed by atoms with Crippen molar-refractivity contribution < 1.29 is 0 Å². The van der Waals surface area contributed by atoms with Crippen LogP contribution in [0.1, 0.15) is 21.4 Å². The molecule has 2 rings (SSSR count).